The van der Waals surface area contributed by atoms with E-state index in [4.69, 9.17) is 42.6 Å². The molecule has 0 radical (unpaired) electrons. The van der Waals surface area contributed by atoms with Crippen LogP contribution in [0.4, 0.5) is 0 Å². The van der Waals surface area contributed by atoms with E-state index in [-0.39, 0.29) is 35.7 Å². The van der Waals surface area contributed by atoms with Gasteiger partial charge in [0, 0.05) is 11.3 Å². The highest BCUT2D eigenvalue weighted by atomic mass is 16.8. The molecule has 5 saturated heterocycles. The van der Waals surface area contributed by atoms with Crippen molar-refractivity contribution in [3.05, 3.63) is 23.8 Å². The molecular formula is C53H84O22. The molecule has 8 fully saturated rings. The van der Waals surface area contributed by atoms with Crippen LogP contribution in [0.25, 0.3) is 0 Å². The van der Waals surface area contributed by atoms with E-state index in [0.29, 0.717) is 32.1 Å². The highest BCUT2D eigenvalue weighted by Gasteiger charge is 2.79. The molecule has 9 aliphatic rings. The van der Waals surface area contributed by atoms with Crippen LogP contribution in [-0.4, -0.2) is 222 Å². The van der Waals surface area contributed by atoms with Gasteiger partial charge in [0.05, 0.1) is 43.0 Å². The van der Waals surface area contributed by atoms with Crippen molar-refractivity contribution in [3.63, 3.8) is 0 Å². The number of carbonyl (C=O) groups is 1. The second kappa shape index (κ2) is 21.2. The number of fused-ring (bicyclic) bond motifs is 5. The zero-order valence-electron chi connectivity index (χ0n) is 44.1. The topological polar surface area (TPSA) is 343 Å². The van der Waals surface area contributed by atoms with Crippen molar-refractivity contribution in [1.29, 1.82) is 0 Å². The minimum Gasteiger partial charge on any atom is -0.461 e. The van der Waals surface area contributed by atoms with Crippen LogP contribution in [0.5, 0.6) is 0 Å². The molecule has 2 bridgehead atoms. The molecule has 12 N–H and O–H groups in total. The van der Waals surface area contributed by atoms with Crippen molar-refractivity contribution in [2.75, 3.05) is 19.8 Å². The third-order valence-corrected chi connectivity index (χ3v) is 19.8. The van der Waals surface area contributed by atoms with Crippen LogP contribution in [-0.2, 0) is 47.4 Å². The average Bonchev–Trinajstić information content (AvgIpc) is 3.80. The maximum atomic E-state index is 14.2. The number of ether oxygens (including phenoxy) is 9. The summed E-state index contributed by atoms with van der Waals surface area (Å²) in [6, 6.07) is 0. The van der Waals surface area contributed by atoms with Crippen molar-refractivity contribution in [2.45, 2.75) is 241 Å². The number of aliphatic hydroxyl groups is 12. The number of esters is 1. The summed E-state index contributed by atoms with van der Waals surface area (Å²) in [7, 11) is 0. The van der Waals surface area contributed by atoms with Crippen LogP contribution >= 0.6 is 0 Å². The van der Waals surface area contributed by atoms with Gasteiger partial charge in [0.1, 0.15) is 91.6 Å². The second-order valence-corrected chi connectivity index (χ2v) is 24.8. The first-order chi connectivity index (χ1) is 35.2. The molecule has 5 aliphatic heterocycles. The van der Waals surface area contributed by atoms with E-state index >= 15 is 0 Å². The maximum Gasteiger partial charge on any atom is 0.313 e. The van der Waals surface area contributed by atoms with Gasteiger partial charge in [-0.2, -0.15) is 0 Å². The van der Waals surface area contributed by atoms with Gasteiger partial charge in [-0.3, -0.25) is 4.79 Å². The molecule has 0 amide bonds. The average molecular weight is 1070 g/mol. The van der Waals surface area contributed by atoms with E-state index in [1.165, 1.54) is 12.5 Å². The minimum absolute atomic E-state index is 0.0528. The lowest BCUT2D eigenvalue weighted by molar-refractivity contribution is -0.389. The Balaban J connectivity index is 0.946. The molecule has 15 unspecified atom stereocenters. The van der Waals surface area contributed by atoms with Gasteiger partial charge in [-0.1, -0.05) is 44.9 Å². The summed E-state index contributed by atoms with van der Waals surface area (Å²) in [6.07, 6.45) is -23.2. The molecule has 3 saturated carbocycles. The first kappa shape index (κ1) is 57.8. The summed E-state index contributed by atoms with van der Waals surface area (Å²) < 4.78 is 54.7. The van der Waals surface area contributed by atoms with Crippen molar-refractivity contribution in [3.8, 4) is 0 Å². The van der Waals surface area contributed by atoms with E-state index in [2.05, 4.69) is 40.3 Å². The Bertz CT molecular complexity index is 2090. The van der Waals surface area contributed by atoms with E-state index in [1.807, 2.05) is 13.8 Å². The first-order valence-electron chi connectivity index (χ1n) is 27.0. The lowest BCUT2D eigenvalue weighted by Crippen LogP contribution is -2.66. The smallest absolute Gasteiger partial charge is 0.313 e. The summed E-state index contributed by atoms with van der Waals surface area (Å²) in [5.74, 6) is -0.373. The van der Waals surface area contributed by atoms with E-state index < -0.39 is 164 Å². The van der Waals surface area contributed by atoms with Crippen molar-refractivity contribution >= 4 is 5.97 Å². The van der Waals surface area contributed by atoms with Crippen LogP contribution in [0.1, 0.15) is 106 Å². The number of hydrogen-bond donors (Lipinski definition) is 12. The summed E-state index contributed by atoms with van der Waals surface area (Å²) in [5, 5.41) is 130. The largest absolute Gasteiger partial charge is 0.461 e. The fraction of sp³-hybridized carbons (Fsp3) is 0.906. The Morgan fingerprint density at radius 3 is 1.95 bits per heavy atom. The van der Waals surface area contributed by atoms with E-state index in [0.717, 1.165) is 31.3 Å². The van der Waals surface area contributed by atoms with Gasteiger partial charge in [-0.05, 0) is 101 Å². The molecule has 1 spiro atoms. The number of allylic oxidation sites excluding steroid dienone is 3. The summed E-state index contributed by atoms with van der Waals surface area (Å²) in [5.41, 5.74) is -0.972. The predicted molar refractivity (Wildman–Crippen MR) is 257 cm³/mol. The monoisotopic (exact) mass is 1070 g/mol. The van der Waals surface area contributed by atoms with Crippen LogP contribution in [0.15, 0.2) is 23.8 Å². The van der Waals surface area contributed by atoms with Crippen LogP contribution < -0.4 is 0 Å². The summed E-state index contributed by atoms with van der Waals surface area (Å²) in [6.45, 7) is 16.3. The molecule has 0 aromatic carbocycles. The van der Waals surface area contributed by atoms with Crippen LogP contribution in [0, 0.1) is 39.4 Å². The first-order valence-corrected chi connectivity index (χ1v) is 27.0. The molecule has 4 aliphatic carbocycles. The Morgan fingerprint density at radius 2 is 1.33 bits per heavy atom. The van der Waals surface area contributed by atoms with Gasteiger partial charge in [0.15, 0.2) is 25.2 Å². The number of rotatable bonds is 15. The van der Waals surface area contributed by atoms with Crippen molar-refractivity contribution < 1.29 is 109 Å². The van der Waals surface area contributed by atoms with Gasteiger partial charge in [0.25, 0.3) is 0 Å². The Hall–Kier alpha value is -1.85. The van der Waals surface area contributed by atoms with Crippen LogP contribution in [0.2, 0.25) is 0 Å². The Morgan fingerprint density at radius 1 is 0.747 bits per heavy atom. The van der Waals surface area contributed by atoms with E-state index in [9.17, 15) is 66.1 Å². The molecule has 28 atom stereocenters. The summed E-state index contributed by atoms with van der Waals surface area (Å²) >= 11 is 0. The van der Waals surface area contributed by atoms with Gasteiger partial charge >= 0.3 is 5.97 Å². The fourth-order valence-corrected chi connectivity index (χ4v) is 15.8. The minimum atomic E-state index is -1.91. The molecule has 0 aromatic rings. The zero-order chi connectivity index (χ0) is 54.6. The van der Waals surface area contributed by atoms with Crippen molar-refractivity contribution in [1.82, 2.24) is 0 Å². The highest BCUT2D eigenvalue weighted by molar-refractivity contribution is 5.84. The van der Waals surface area contributed by atoms with Gasteiger partial charge < -0.3 is 104 Å². The molecule has 0 aromatic heterocycles. The third-order valence-electron chi connectivity index (χ3n) is 19.8. The molecule has 75 heavy (non-hydrogen) atoms. The molecule has 9 rings (SSSR count). The van der Waals surface area contributed by atoms with Crippen molar-refractivity contribution in [2.24, 2.45) is 39.4 Å². The second-order valence-electron chi connectivity index (χ2n) is 24.8. The molecule has 22 nitrogen and oxygen atoms in total. The predicted octanol–water partition coefficient (Wildman–Crippen LogP) is -1.07. The summed E-state index contributed by atoms with van der Waals surface area (Å²) in [4.78, 5) is 14.2. The third kappa shape index (κ3) is 9.52. The lowest BCUT2D eigenvalue weighted by atomic mass is 9.40. The standard InChI is InChI=1S/C53H84O22/c1-22(2)10-9-15-52(8,66)43-26-18-51(7)25-11-12-30-49(4,5)31(14-16-50(30,6)24(25)13-17-53(43,51)48(65)72-26)73-47-42(34(58)29(21-67-47)71-45-38(62)35(59)32(56)27(19-54)69-45)75-44-40(64)37(61)41(23(3)68-44)74-46-39(63)36(60)33(57)28(20-55)70-46/h11,23-24,26-47,54-64,66H,1,9-10,12-21H2,2-8H3/t23?,24?,26-,27?,28?,29?,30?,31-,32?,33?,34-,35-,36-,37+,38?,39?,40?,41?,42?,43-,44-,45-,46-,47-,50+,51?,52-,53?/m0/s1. The Labute approximate surface area is 437 Å². The molecular weight excluding hydrogens is 989 g/mol. The highest BCUT2D eigenvalue weighted by Crippen LogP contribution is 2.76. The van der Waals surface area contributed by atoms with Gasteiger partial charge in [0.2, 0.25) is 0 Å². The number of carbonyl (C=O) groups excluding carboxylic acids is 1. The van der Waals surface area contributed by atoms with Crippen LogP contribution in [0.3, 0.4) is 0 Å². The number of hydrogen-bond acceptors (Lipinski definition) is 22. The number of aliphatic hydroxyl groups excluding tert-OH is 11. The normalized spacial score (nSPS) is 52.2. The van der Waals surface area contributed by atoms with Gasteiger partial charge in [-0.25, -0.2) is 0 Å². The SMILES string of the molecule is C=C(C)CCC[C@](C)(O)[C@@H]1[C@@H]2CC3(C)C4=CCC5C(C)(C)[C@@H](O[C@@H]6OCC(O[C@@H]7OC(CO)C(O)[C@H](O)C7O)[C@H](O)C6O[C@@H]6OC(C)C(O[C@@H]7OC(CO)C(O)[C@H](O)C7O)[C@H](O)C6O)CC[C@]5(C)C4CCC13C(=O)O2. The zero-order valence-corrected chi connectivity index (χ0v) is 44.1. The van der Waals surface area contributed by atoms with Gasteiger partial charge in [-0.15, -0.1) is 6.58 Å². The maximum absolute atomic E-state index is 14.2. The molecule has 5 heterocycles. The molecule has 22 heteroatoms. The van der Waals surface area contributed by atoms with E-state index in [1.54, 1.807) is 0 Å². The quantitative estimate of drug-likeness (QED) is 0.0686. The lowest BCUT2D eigenvalue weighted by Gasteiger charge is -2.64. The molecule has 428 valence electrons. The Kier molecular flexibility index (Phi) is 16.4. The fourth-order valence-electron chi connectivity index (χ4n) is 15.8.